The van der Waals surface area contributed by atoms with E-state index in [2.05, 4.69) is 33.8 Å². The predicted octanol–water partition coefficient (Wildman–Crippen LogP) is 3.21. The summed E-state index contributed by atoms with van der Waals surface area (Å²) < 4.78 is 2.19. The van der Waals surface area contributed by atoms with Crippen LogP contribution in [0.25, 0.3) is 11.3 Å². The molecule has 0 spiro atoms. The molecule has 1 fully saturated rings. The Morgan fingerprint density at radius 3 is 3.00 bits per heavy atom. The quantitative estimate of drug-likeness (QED) is 0.781. The molecule has 2 unspecified atom stereocenters. The second kappa shape index (κ2) is 4.05. The molecule has 96 valence electrons. The van der Waals surface area contributed by atoms with Crippen molar-refractivity contribution in [3.63, 3.8) is 0 Å². The van der Waals surface area contributed by atoms with E-state index in [9.17, 15) is 4.79 Å². The third-order valence-corrected chi connectivity index (χ3v) is 4.50. The minimum atomic E-state index is 0.130. The number of carbonyl (C=O) groups excluding carboxylic acids is 1. The van der Waals surface area contributed by atoms with E-state index in [0.29, 0.717) is 5.78 Å². The maximum Gasteiger partial charge on any atom is 0.138 e. The molecule has 3 nitrogen and oxygen atoms in total. The fourth-order valence-corrected chi connectivity index (χ4v) is 3.63. The molecule has 19 heavy (non-hydrogen) atoms. The van der Waals surface area contributed by atoms with Crippen molar-refractivity contribution >= 4 is 5.78 Å². The number of ketones is 1. The number of Topliss-reactive ketones (excluding diaryl/α,β-unsaturated/α-hetero) is 1. The van der Waals surface area contributed by atoms with Crippen LogP contribution in [0.4, 0.5) is 0 Å². The van der Waals surface area contributed by atoms with Gasteiger partial charge in [-0.15, -0.1) is 0 Å². The highest BCUT2D eigenvalue weighted by Crippen LogP contribution is 2.45. The number of aromatic nitrogens is 2. The number of benzene rings is 1. The average molecular weight is 252 g/mol. The summed E-state index contributed by atoms with van der Waals surface area (Å²) in [6.45, 7) is 0. The standard InChI is InChI=1S/C16H16N2O/c19-15-8-4-3-7-13(15)16-12-6-2-1-5-11(12)14-9-17-10-18(14)16/h1-2,5-6,9-10,13,16H,3-4,7-8H2. The number of hydrogen-bond acceptors (Lipinski definition) is 2. The lowest BCUT2D eigenvalue weighted by Gasteiger charge is -2.28. The SMILES string of the molecule is O=C1CCCCC1C1c2ccccc2-c2cncn21. The maximum absolute atomic E-state index is 12.3. The average Bonchev–Trinajstić information content (AvgIpc) is 3.00. The van der Waals surface area contributed by atoms with Crippen LogP contribution < -0.4 is 0 Å². The summed E-state index contributed by atoms with van der Waals surface area (Å²) in [4.78, 5) is 16.6. The van der Waals surface area contributed by atoms with Gasteiger partial charge in [-0.05, 0) is 18.4 Å². The van der Waals surface area contributed by atoms with Gasteiger partial charge in [0.05, 0.1) is 24.3 Å². The predicted molar refractivity (Wildman–Crippen MR) is 72.8 cm³/mol. The van der Waals surface area contributed by atoms with Gasteiger partial charge in [0.1, 0.15) is 5.78 Å². The van der Waals surface area contributed by atoms with E-state index in [4.69, 9.17) is 0 Å². The van der Waals surface area contributed by atoms with Crippen LogP contribution in [0.1, 0.15) is 37.3 Å². The summed E-state index contributed by atoms with van der Waals surface area (Å²) in [5.74, 6) is 0.554. The lowest BCUT2D eigenvalue weighted by molar-refractivity contribution is -0.125. The largest absolute Gasteiger partial charge is 0.322 e. The van der Waals surface area contributed by atoms with Gasteiger partial charge in [0, 0.05) is 17.9 Å². The first-order chi connectivity index (χ1) is 9.36. The van der Waals surface area contributed by atoms with E-state index in [1.165, 1.54) is 17.5 Å². The molecule has 3 heteroatoms. The Labute approximate surface area is 112 Å². The minimum Gasteiger partial charge on any atom is -0.322 e. The van der Waals surface area contributed by atoms with Crippen LogP contribution in [0, 0.1) is 5.92 Å². The van der Waals surface area contributed by atoms with Crippen molar-refractivity contribution in [1.29, 1.82) is 0 Å². The molecular weight excluding hydrogens is 236 g/mol. The summed E-state index contributed by atoms with van der Waals surface area (Å²) in [7, 11) is 0. The smallest absolute Gasteiger partial charge is 0.138 e. The van der Waals surface area contributed by atoms with Gasteiger partial charge in [0.2, 0.25) is 0 Å². The topological polar surface area (TPSA) is 34.9 Å². The van der Waals surface area contributed by atoms with E-state index in [-0.39, 0.29) is 12.0 Å². The molecule has 1 aliphatic heterocycles. The van der Waals surface area contributed by atoms with E-state index in [1.807, 2.05) is 12.5 Å². The summed E-state index contributed by atoms with van der Waals surface area (Å²) in [5.41, 5.74) is 3.68. The highest BCUT2D eigenvalue weighted by atomic mass is 16.1. The third kappa shape index (κ3) is 1.51. The van der Waals surface area contributed by atoms with E-state index < -0.39 is 0 Å². The molecule has 4 rings (SSSR count). The van der Waals surface area contributed by atoms with E-state index in [0.717, 1.165) is 25.0 Å². The van der Waals surface area contributed by atoms with Gasteiger partial charge >= 0.3 is 0 Å². The Hall–Kier alpha value is -1.90. The van der Waals surface area contributed by atoms with Crippen LogP contribution >= 0.6 is 0 Å². The first-order valence-corrected chi connectivity index (χ1v) is 7.00. The fourth-order valence-electron chi connectivity index (χ4n) is 3.63. The van der Waals surface area contributed by atoms with Crippen molar-refractivity contribution in [2.45, 2.75) is 31.7 Å². The van der Waals surface area contributed by atoms with Gasteiger partial charge in [-0.2, -0.15) is 0 Å². The molecule has 1 saturated carbocycles. The van der Waals surface area contributed by atoms with E-state index >= 15 is 0 Å². The summed E-state index contributed by atoms with van der Waals surface area (Å²) in [6, 6.07) is 8.59. The van der Waals surface area contributed by atoms with Crippen LogP contribution in [0.15, 0.2) is 36.8 Å². The van der Waals surface area contributed by atoms with Crippen molar-refractivity contribution in [1.82, 2.24) is 9.55 Å². The van der Waals surface area contributed by atoms with Gasteiger partial charge in [0.25, 0.3) is 0 Å². The summed E-state index contributed by atoms with van der Waals surface area (Å²) in [5, 5.41) is 0. The molecule has 1 aromatic carbocycles. The number of carbonyl (C=O) groups is 1. The van der Waals surface area contributed by atoms with Crippen LogP contribution in [0.2, 0.25) is 0 Å². The van der Waals surface area contributed by atoms with Crippen LogP contribution in [0.3, 0.4) is 0 Å². The third-order valence-electron chi connectivity index (χ3n) is 4.50. The molecule has 1 aromatic heterocycles. The molecule has 2 aromatic rings. The Bertz CT molecular complexity index is 644. The minimum absolute atomic E-state index is 0.130. The van der Waals surface area contributed by atoms with Gasteiger partial charge in [-0.1, -0.05) is 30.7 Å². The highest BCUT2D eigenvalue weighted by molar-refractivity contribution is 5.84. The van der Waals surface area contributed by atoms with Gasteiger partial charge in [0.15, 0.2) is 0 Å². The second-order valence-corrected chi connectivity index (χ2v) is 5.54. The zero-order valence-corrected chi connectivity index (χ0v) is 10.7. The van der Waals surface area contributed by atoms with Gasteiger partial charge in [-0.25, -0.2) is 4.98 Å². The Morgan fingerprint density at radius 2 is 2.11 bits per heavy atom. The second-order valence-electron chi connectivity index (χ2n) is 5.54. The number of rotatable bonds is 1. The zero-order valence-electron chi connectivity index (χ0n) is 10.7. The Balaban J connectivity index is 1.86. The molecule has 2 atom stereocenters. The normalized spacial score (nSPS) is 25.2. The van der Waals surface area contributed by atoms with Crippen LogP contribution in [-0.2, 0) is 4.79 Å². The molecule has 0 radical (unpaired) electrons. The van der Waals surface area contributed by atoms with Crippen molar-refractivity contribution in [3.8, 4) is 11.3 Å². The molecule has 0 bridgehead atoms. The maximum atomic E-state index is 12.3. The zero-order chi connectivity index (χ0) is 12.8. The van der Waals surface area contributed by atoms with Crippen molar-refractivity contribution in [2.24, 2.45) is 5.92 Å². The van der Waals surface area contributed by atoms with E-state index in [1.54, 1.807) is 0 Å². The number of hydrogen-bond donors (Lipinski definition) is 0. The molecular formula is C16H16N2O. The Kier molecular flexibility index (Phi) is 2.34. The van der Waals surface area contributed by atoms with Crippen LogP contribution in [0.5, 0.6) is 0 Å². The van der Waals surface area contributed by atoms with Crippen LogP contribution in [-0.4, -0.2) is 15.3 Å². The molecule has 1 aliphatic carbocycles. The number of imidazole rings is 1. The van der Waals surface area contributed by atoms with Crippen molar-refractivity contribution < 1.29 is 4.79 Å². The molecule has 2 heterocycles. The lowest BCUT2D eigenvalue weighted by Crippen LogP contribution is -2.28. The number of fused-ring (bicyclic) bond motifs is 3. The highest BCUT2D eigenvalue weighted by Gasteiger charge is 2.38. The summed E-state index contributed by atoms with van der Waals surface area (Å²) >= 11 is 0. The summed E-state index contributed by atoms with van der Waals surface area (Å²) in [6.07, 6.45) is 7.76. The van der Waals surface area contributed by atoms with Gasteiger partial charge < -0.3 is 4.57 Å². The Morgan fingerprint density at radius 1 is 1.21 bits per heavy atom. The first-order valence-electron chi connectivity index (χ1n) is 7.00. The molecule has 0 amide bonds. The van der Waals surface area contributed by atoms with Crippen molar-refractivity contribution in [3.05, 3.63) is 42.4 Å². The molecule has 0 N–H and O–H groups in total. The van der Waals surface area contributed by atoms with Gasteiger partial charge in [-0.3, -0.25) is 4.79 Å². The number of nitrogens with zero attached hydrogens (tertiary/aromatic N) is 2. The lowest BCUT2D eigenvalue weighted by atomic mass is 9.80. The van der Waals surface area contributed by atoms with Crippen molar-refractivity contribution in [2.75, 3.05) is 0 Å². The molecule has 0 saturated heterocycles. The monoisotopic (exact) mass is 252 g/mol. The molecule has 2 aliphatic rings. The first kappa shape index (κ1) is 11.0. The fraction of sp³-hybridized carbons (Fsp3) is 0.375.